The van der Waals surface area contributed by atoms with Gasteiger partial charge in [0.2, 0.25) is 10.0 Å². The molecule has 0 radical (unpaired) electrons. The molecule has 1 aliphatic carbocycles. The molecule has 1 saturated carbocycles. The zero-order valence-electron chi connectivity index (χ0n) is 12.1. The predicted molar refractivity (Wildman–Crippen MR) is 81.2 cm³/mol. The van der Waals surface area contributed by atoms with Gasteiger partial charge in [-0.3, -0.25) is 0 Å². The minimum absolute atomic E-state index is 0.369. The molecule has 0 saturated heterocycles. The highest BCUT2D eigenvalue weighted by Crippen LogP contribution is 2.28. The summed E-state index contributed by atoms with van der Waals surface area (Å²) in [7, 11) is -3.32. The van der Waals surface area contributed by atoms with E-state index < -0.39 is 10.0 Å². The highest BCUT2D eigenvalue weighted by molar-refractivity contribution is 7.89. The lowest BCUT2D eigenvalue weighted by Gasteiger charge is -2.07. The fraction of sp³-hybridized carbons (Fsp3) is 0.600. The summed E-state index contributed by atoms with van der Waals surface area (Å²) < 4.78 is 26.8. The summed E-state index contributed by atoms with van der Waals surface area (Å²) >= 11 is 0. The molecule has 0 aromatic heterocycles. The average Bonchev–Trinajstić information content (AvgIpc) is 3.26. The van der Waals surface area contributed by atoms with Gasteiger partial charge in [-0.05, 0) is 62.4 Å². The Morgan fingerprint density at radius 1 is 1.20 bits per heavy atom. The Kier molecular flexibility index (Phi) is 5.57. The van der Waals surface area contributed by atoms with Crippen LogP contribution in [0.5, 0.6) is 0 Å². The van der Waals surface area contributed by atoms with Crippen molar-refractivity contribution in [1.82, 2.24) is 10.0 Å². The minimum Gasteiger partial charge on any atom is -0.317 e. The van der Waals surface area contributed by atoms with E-state index in [9.17, 15) is 8.42 Å². The second-order valence-corrected chi connectivity index (χ2v) is 7.16. The van der Waals surface area contributed by atoms with Gasteiger partial charge in [0.15, 0.2) is 0 Å². The number of benzene rings is 1. The third kappa shape index (κ3) is 4.89. The van der Waals surface area contributed by atoms with E-state index >= 15 is 0 Å². The standard InChI is InChI=1S/C15H24N2O2S/c1-2-16-11-3-4-13-7-9-15(10-8-13)20(18,19)17-12-14-5-6-14/h7-10,14,16-17H,2-6,11-12H2,1H3. The smallest absolute Gasteiger partial charge is 0.240 e. The van der Waals surface area contributed by atoms with Crippen LogP contribution in [0.25, 0.3) is 0 Å². The van der Waals surface area contributed by atoms with E-state index in [0.717, 1.165) is 38.8 Å². The van der Waals surface area contributed by atoms with E-state index in [-0.39, 0.29) is 0 Å². The molecule has 1 aromatic carbocycles. The van der Waals surface area contributed by atoms with Crippen molar-refractivity contribution in [2.75, 3.05) is 19.6 Å². The summed E-state index contributed by atoms with van der Waals surface area (Å²) in [4.78, 5) is 0.369. The molecule has 1 aromatic rings. The van der Waals surface area contributed by atoms with Crippen LogP contribution in [0.3, 0.4) is 0 Å². The third-order valence-electron chi connectivity index (χ3n) is 3.56. The van der Waals surface area contributed by atoms with Gasteiger partial charge in [0.05, 0.1) is 4.90 Å². The maximum atomic E-state index is 12.1. The molecule has 20 heavy (non-hydrogen) atoms. The fourth-order valence-corrected chi connectivity index (χ4v) is 3.18. The van der Waals surface area contributed by atoms with Crippen molar-refractivity contribution in [2.24, 2.45) is 5.92 Å². The third-order valence-corrected chi connectivity index (χ3v) is 5.00. The van der Waals surface area contributed by atoms with Crippen molar-refractivity contribution in [2.45, 2.75) is 37.5 Å². The molecule has 5 heteroatoms. The Morgan fingerprint density at radius 3 is 2.50 bits per heavy atom. The molecule has 0 atom stereocenters. The summed E-state index contributed by atoms with van der Waals surface area (Å²) in [6, 6.07) is 7.24. The van der Waals surface area contributed by atoms with Crippen molar-refractivity contribution >= 4 is 10.0 Å². The zero-order valence-corrected chi connectivity index (χ0v) is 12.9. The monoisotopic (exact) mass is 296 g/mol. The van der Waals surface area contributed by atoms with Crippen molar-refractivity contribution in [3.05, 3.63) is 29.8 Å². The molecule has 1 fully saturated rings. The van der Waals surface area contributed by atoms with Crippen molar-refractivity contribution in [3.8, 4) is 0 Å². The zero-order chi connectivity index (χ0) is 14.4. The van der Waals surface area contributed by atoms with Crippen LogP contribution < -0.4 is 10.0 Å². The van der Waals surface area contributed by atoms with Gasteiger partial charge in [0, 0.05) is 6.54 Å². The van der Waals surface area contributed by atoms with Crippen LogP contribution >= 0.6 is 0 Å². The van der Waals surface area contributed by atoms with Crippen LogP contribution in [0.15, 0.2) is 29.2 Å². The number of aryl methyl sites for hydroxylation is 1. The first-order valence-corrected chi connectivity index (χ1v) is 8.89. The topological polar surface area (TPSA) is 58.2 Å². The van der Waals surface area contributed by atoms with Crippen molar-refractivity contribution in [3.63, 3.8) is 0 Å². The van der Waals surface area contributed by atoms with E-state index in [2.05, 4.69) is 17.0 Å². The fourth-order valence-electron chi connectivity index (χ4n) is 2.06. The molecule has 1 aliphatic rings. The minimum atomic E-state index is -3.32. The van der Waals surface area contributed by atoms with Gasteiger partial charge < -0.3 is 5.32 Å². The molecule has 0 heterocycles. The Balaban J connectivity index is 1.86. The second-order valence-electron chi connectivity index (χ2n) is 5.40. The molecule has 0 unspecified atom stereocenters. The highest BCUT2D eigenvalue weighted by atomic mass is 32.2. The summed E-state index contributed by atoms with van der Waals surface area (Å²) in [6.45, 7) is 4.66. The van der Waals surface area contributed by atoms with Crippen LogP contribution in [-0.4, -0.2) is 28.1 Å². The summed E-state index contributed by atoms with van der Waals surface area (Å²) in [5, 5.41) is 3.28. The quantitative estimate of drug-likeness (QED) is 0.685. The van der Waals surface area contributed by atoms with Crippen LogP contribution in [0.2, 0.25) is 0 Å². The molecule has 4 nitrogen and oxygen atoms in total. The molecule has 112 valence electrons. The Hall–Kier alpha value is -0.910. The largest absolute Gasteiger partial charge is 0.317 e. The second kappa shape index (κ2) is 7.20. The summed E-state index contributed by atoms with van der Waals surface area (Å²) in [6.07, 6.45) is 4.34. The number of hydrogen-bond acceptors (Lipinski definition) is 3. The van der Waals surface area contributed by atoms with Gasteiger partial charge in [0.25, 0.3) is 0 Å². The molecule has 2 N–H and O–H groups in total. The average molecular weight is 296 g/mol. The lowest BCUT2D eigenvalue weighted by atomic mass is 10.1. The number of rotatable bonds is 9. The first-order chi connectivity index (χ1) is 9.62. The number of nitrogens with one attached hydrogen (secondary N) is 2. The molecule has 2 rings (SSSR count). The predicted octanol–water partition coefficient (Wildman–Crippen LogP) is 1.92. The summed E-state index contributed by atoms with van der Waals surface area (Å²) in [5.74, 6) is 0.551. The molecule has 0 aliphatic heterocycles. The molecular weight excluding hydrogens is 272 g/mol. The van der Waals surface area contributed by atoms with Gasteiger partial charge in [-0.15, -0.1) is 0 Å². The van der Waals surface area contributed by atoms with Gasteiger partial charge in [-0.1, -0.05) is 19.1 Å². The van der Waals surface area contributed by atoms with Crippen LogP contribution in [0.1, 0.15) is 31.7 Å². The molecule has 0 bridgehead atoms. The Morgan fingerprint density at radius 2 is 1.90 bits per heavy atom. The Bertz CT molecular complexity index is 507. The van der Waals surface area contributed by atoms with Crippen LogP contribution in [0, 0.1) is 5.92 Å². The first-order valence-electron chi connectivity index (χ1n) is 7.41. The molecular formula is C15H24N2O2S. The van der Waals surface area contributed by atoms with Gasteiger partial charge >= 0.3 is 0 Å². The maximum absolute atomic E-state index is 12.1. The van der Waals surface area contributed by atoms with E-state index in [4.69, 9.17) is 0 Å². The normalized spacial score (nSPS) is 15.4. The number of hydrogen-bond donors (Lipinski definition) is 2. The molecule has 0 spiro atoms. The molecule has 0 amide bonds. The van der Waals surface area contributed by atoms with E-state index in [1.54, 1.807) is 12.1 Å². The maximum Gasteiger partial charge on any atom is 0.240 e. The van der Waals surface area contributed by atoms with Gasteiger partial charge in [0.1, 0.15) is 0 Å². The number of sulfonamides is 1. The lowest BCUT2D eigenvalue weighted by molar-refractivity contribution is 0.577. The van der Waals surface area contributed by atoms with E-state index in [0.29, 0.717) is 17.4 Å². The highest BCUT2D eigenvalue weighted by Gasteiger charge is 2.24. The van der Waals surface area contributed by atoms with E-state index in [1.165, 1.54) is 5.56 Å². The first kappa shape index (κ1) is 15.5. The summed E-state index contributed by atoms with van der Waals surface area (Å²) in [5.41, 5.74) is 1.18. The van der Waals surface area contributed by atoms with Crippen molar-refractivity contribution < 1.29 is 8.42 Å². The SMILES string of the molecule is CCNCCCc1ccc(S(=O)(=O)NCC2CC2)cc1. The van der Waals surface area contributed by atoms with E-state index in [1.807, 2.05) is 12.1 Å². The van der Waals surface area contributed by atoms with Gasteiger partial charge in [-0.2, -0.15) is 0 Å². The lowest BCUT2D eigenvalue weighted by Crippen LogP contribution is -2.25. The van der Waals surface area contributed by atoms with Crippen LogP contribution in [-0.2, 0) is 16.4 Å². The van der Waals surface area contributed by atoms with Crippen LogP contribution in [0.4, 0.5) is 0 Å². The van der Waals surface area contributed by atoms with Gasteiger partial charge in [-0.25, -0.2) is 13.1 Å². The Labute approximate surface area is 122 Å². The van der Waals surface area contributed by atoms with Crippen molar-refractivity contribution in [1.29, 1.82) is 0 Å².